The fourth-order valence-electron chi connectivity index (χ4n) is 1.13. The Bertz CT molecular complexity index is 291. The van der Waals surface area contributed by atoms with Crippen LogP contribution in [-0.4, -0.2) is 23.4 Å². The fraction of sp³-hybridized carbons (Fsp3) is 0.143. The summed E-state index contributed by atoms with van der Waals surface area (Å²) in [6.07, 6.45) is 5.22. The van der Waals surface area contributed by atoms with Gasteiger partial charge in [0, 0.05) is 6.54 Å². The van der Waals surface area contributed by atoms with Crippen molar-refractivity contribution in [1.29, 1.82) is 0 Å². The van der Waals surface area contributed by atoms with E-state index in [9.17, 15) is 9.59 Å². The summed E-state index contributed by atoms with van der Waals surface area (Å²) in [7, 11) is 0. The van der Waals surface area contributed by atoms with Crippen molar-refractivity contribution in [2.75, 3.05) is 6.54 Å². The minimum Gasteiger partial charge on any atom is -0.285 e. The molecule has 0 aromatic carbocycles. The van der Waals surface area contributed by atoms with Gasteiger partial charge < -0.3 is 0 Å². The zero-order valence-electron chi connectivity index (χ0n) is 5.70. The lowest BCUT2D eigenvalue weighted by Crippen LogP contribution is -2.28. The Hall–Kier alpha value is -1.58. The molecule has 0 bridgehead atoms. The van der Waals surface area contributed by atoms with Crippen LogP contribution in [0.15, 0.2) is 23.9 Å². The van der Waals surface area contributed by atoms with Crippen LogP contribution in [0.3, 0.4) is 0 Å². The molecule has 0 radical (unpaired) electrons. The van der Waals surface area contributed by atoms with Crippen molar-refractivity contribution >= 4 is 11.9 Å². The first-order valence-corrected chi connectivity index (χ1v) is 3.29. The van der Waals surface area contributed by atoms with Crippen molar-refractivity contribution in [3.8, 4) is 0 Å². The number of carbonyl (C=O) groups is 2. The van der Waals surface area contributed by atoms with Crippen molar-refractivity contribution in [3.63, 3.8) is 0 Å². The average molecular weight is 150 g/mol. The summed E-state index contributed by atoms with van der Waals surface area (Å²) in [5.41, 5.74) is 0.442. The van der Waals surface area contributed by atoms with E-state index in [4.69, 9.17) is 0 Å². The Morgan fingerprint density at radius 2 is 2.27 bits per heavy atom. The quantitative estimate of drug-likeness (QED) is 0.494. The summed E-state index contributed by atoms with van der Waals surface area (Å²) in [4.78, 5) is 23.3. The molecular weight excluding hydrogens is 144 g/mol. The summed E-state index contributed by atoms with van der Waals surface area (Å²) in [6, 6.07) is -0.328. The third kappa shape index (κ3) is 0.756. The van der Waals surface area contributed by atoms with Crippen molar-refractivity contribution in [1.82, 2.24) is 10.2 Å². The molecule has 11 heavy (non-hydrogen) atoms. The molecule has 2 aliphatic heterocycles. The van der Waals surface area contributed by atoms with Gasteiger partial charge in [0.2, 0.25) is 0 Å². The van der Waals surface area contributed by atoms with Gasteiger partial charge in [-0.2, -0.15) is 0 Å². The minimum atomic E-state index is -0.328. The van der Waals surface area contributed by atoms with E-state index in [2.05, 4.69) is 5.32 Å². The fourth-order valence-corrected chi connectivity index (χ4v) is 1.13. The van der Waals surface area contributed by atoms with Crippen LogP contribution < -0.4 is 5.32 Å². The van der Waals surface area contributed by atoms with E-state index in [-0.39, 0.29) is 11.9 Å². The van der Waals surface area contributed by atoms with E-state index >= 15 is 0 Å². The number of carbonyl (C=O) groups excluding carboxylic acids is 2. The molecule has 4 heteroatoms. The van der Waals surface area contributed by atoms with Crippen LogP contribution in [0, 0.1) is 0 Å². The van der Waals surface area contributed by atoms with Gasteiger partial charge in [-0.15, -0.1) is 0 Å². The standard InChI is InChI=1S/C7H6N2O2/c10-6-5-3-1-2-4-9(5)7(11)8-6/h1-3H,4H2,(H,8,10,11). The van der Waals surface area contributed by atoms with Gasteiger partial charge in [-0.1, -0.05) is 12.2 Å². The number of urea groups is 1. The minimum absolute atomic E-state index is 0.306. The van der Waals surface area contributed by atoms with E-state index < -0.39 is 0 Å². The van der Waals surface area contributed by atoms with Crippen LogP contribution in [0.1, 0.15) is 0 Å². The Morgan fingerprint density at radius 3 is 3.00 bits per heavy atom. The maximum Gasteiger partial charge on any atom is 0.329 e. The van der Waals surface area contributed by atoms with E-state index in [1.807, 2.05) is 6.08 Å². The lowest BCUT2D eigenvalue weighted by Gasteiger charge is -2.14. The second kappa shape index (κ2) is 1.95. The molecular formula is C7H6N2O2. The predicted molar refractivity (Wildman–Crippen MR) is 37.5 cm³/mol. The molecule has 1 fully saturated rings. The highest BCUT2D eigenvalue weighted by molar-refractivity contribution is 6.12. The largest absolute Gasteiger partial charge is 0.329 e. The first-order chi connectivity index (χ1) is 5.29. The highest BCUT2D eigenvalue weighted by atomic mass is 16.2. The maximum atomic E-state index is 10.9. The van der Waals surface area contributed by atoms with Gasteiger partial charge in [-0.3, -0.25) is 15.0 Å². The summed E-state index contributed by atoms with van der Waals surface area (Å²) in [5.74, 6) is -0.306. The molecule has 0 aliphatic carbocycles. The Balaban J connectivity index is 2.42. The summed E-state index contributed by atoms with van der Waals surface area (Å²) in [5, 5.41) is 2.20. The predicted octanol–water partition coefficient (Wildman–Crippen LogP) is -0.00810. The van der Waals surface area contributed by atoms with Gasteiger partial charge >= 0.3 is 6.03 Å². The molecule has 2 aliphatic rings. The van der Waals surface area contributed by atoms with Crippen molar-refractivity contribution in [3.05, 3.63) is 23.9 Å². The first kappa shape index (κ1) is 6.15. The summed E-state index contributed by atoms with van der Waals surface area (Å²) >= 11 is 0. The molecule has 0 aromatic heterocycles. The number of imide groups is 1. The van der Waals surface area contributed by atoms with Gasteiger partial charge in [0.15, 0.2) is 0 Å². The second-order valence-corrected chi connectivity index (χ2v) is 2.35. The summed E-state index contributed by atoms with van der Waals surface area (Å²) in [6.45, 7) is 0.489. The van der Waals surface area contributed by atoms with Crippen LogP contribution in [0.5, 0.6) is 0 Å². The molecule has 56 valence electrons. The number of hydrogen-bond donors (Lipinski definition) is 1. The van der Waals surface area contributed by atoms with E-state index in [1.165, 1.54) is 4.90 Å². The number of rotatable bonds is 0. The molecule has 1 saturated heterocycles. The van der Waals surface area contributed by atoms with E-state index in [0.717, 1.165) is 0 Å². The molecule has 3 amide bonds. The number of nitrogens with zero attached hydrogens (tertiary/aromatic N) is 1. The zero-order valence-corrected chi connectivity index (χ0v) is 5.70. The molecule has 4 nitrogen and oxygen atoms in total. The van der Waals surface area contributed by atoms with Crippen LogP contribution in [-0.2, 0) is 4.79 Å². The van der Waals surface area contributed by atoms with Crippen LogP contribution in [0.2, 0.25) is 0 Å². The number of fused-ring (bicyclic) bond motifs is 1. The van der Waals surface area contributed by atoms with Crippen LogP contribution >= 0.6 is 0 Å². The number of nitrogens with one attached hydrogen (secondary N) is 1. The molecule has 0 unspecified atom stereocenters. The lowest BCUT2D eigenvalue weighted by molar-refractivity contribution is -0.116. The van der Waals surface area contributed by atoms with Crippen LogP contribution in [0.25, 0.3) is 0 Å². The maximum absolute atomic E-state index is 10.9. The Labute approximate surface area is 63.2 Å². The summed E-state index contributed by atoms with van der Waals surface area (Å²) < 4.78 is 0. The van der Waals surface area contributed by atoms with Gasteiger partial charge in [-0.25, -0.2) is 4.79 Å². The molecule has 1 N–H and O–H groups in total. The molecule has 0 spiro atoms. The highest BCUT2D eigenvalue weighted by Crippen LogP contribution is 2.15. The van der Waals surface area contributed by atoms with Gasteiger partial charge in [-0.05, 0) is 6.08 Å². The Morgan fingerprint density at radius 1 is 1.45 bits per heavy atom. The first-order valence-electron chi connectivity index (χ1n) is 3.29. The molecule has 0 atom stereocenters. The molecule has 0 aromatic rings. The Kier molecular flexibility index (Phi) is 1.09. The zero-order chi connectivity index (χ0) is 7.84. The molecule has 0 saturated carbocycles. The molecule has 2 rings (SSSR count). The topological polar surface area (TPSA) is 49.4 Å². The number of amides is 3. The van der Waals surface area contributed by atoms with Crippen molar-refractivity contribution in [2.45, 2.75) is 0 Å². The smallest absolute Gasteiger partial charge is 0.285 e. The van der Waals surface area contributed by atoms with Crippen molar-refractivity contribution in [2.24, 2.45) is 0 Å². The van der Waals surface area contributed by atoms with Crippen molar-refractivity contribution < 1.29 is 9.59 Å². The van der Waals surface area contributed by atoms with E-state index in [1.54, 1.807) is 12.2 Å². The second-order valence-electron chi connectivity index (χ2n) is 2.35. The number of hydrogen-bond acceptors (Lipinski definition) is 2. The highest BCUT2D eigenvalue weighted by Gasteiger charge is 2.32. The lowest BCUT2D eigenvalue weighted by atomic mass is 10.3. The third-order valence-electron chi connectivity index (χ3n) is 1.67. The number of allylic oxidation sites excluding steroid dienone is 2. The van der Waals surface area contributed by atoms with Gasteiger partial charge in [0.05, 0.1) is 0 Å². The van der Waals surface area contributed by atoms with Gasteiger partial charge in [0.25, 0.3) is 5.91 Å². The van der Waals surface area contributed by atoms with E-state index in [0.29, 0.717) is 12.2 Å². The average Bonchev–Trinajstić information content (AvgIpc) is 2.30. The monoisotopic (exact) mass is 150 g/mol. The third-order valence-corrected chi connectivity index (χ3v) is 1.67. The van der Waals surface area contributed by atoms with Gasteiger partial charge in [0.1, 0.15) is 5.70 Å². The SMILES string of the molecule is O=C1NC(=O)N2CC=CC=C12. The van der Waals surface area contributed by atoms with Crippen LogP contribution in [0.4, 0.5) is 4.79 Å². The molecule has 2 heterocycles. The normalized spacial score (nSPS) is 21.5.